The van der Waals surface area contributed by atoms with E-state index < -0.39 is 6.10 Å². The molecule has 0 bridgehead atoms. The smallest absolute Gasteiger partial charge is 0.306 e. The summed E-state index contributed by atoms with van der Waals surface area (Å²) in [5.74, 6) is -0.0668. The fraction of sp³-hybridized carbons (Fsp3) is 0.945. The van der Waals surface area contributed by atoms with Crippen molar-refractivity contribution in [1.82, 2.24) is 0 Å². The SMILES string of the molecule is CCCCCCCCCCCCCCCCCCCCCC(=O)OC[C@H](COC(=O)CCCCCCCCCCCCCCCC)OC(=O)CCCCCCCCCC(C)C. The molecule has 0 amide bonds. The highest BCUT2D eigenvalue weighted by atomic mass is 16.6. The Labute approximate surface area is 380 Å². The largest absolute Gasteiger partial charge is 0.462 e. The van der Waals surface area contributed by atoms with E-state index >= 15 is 0 Å². The minimum Gasteiger partial charge on any atom is -0.462 e. The molecule has 0 radical (unpaired) electrons. The van der Waals surface area contributed by atoms with Gasteiger partial charge in [-0.3, -0.25) is 14.4 Å². The van der Waals surface area contributed by atoms with E-state index in [0.29, 0.717) is 19.3 Å². The first kappa shape index (κ1) is 59.4. The molecule has 0 heterocycles. The molecule has 0 aromatic heterocycles. The number of rotatable bonds is 50. The third-order valence-electron chi connectivity index (χ3n) is 12.5. The zero-order chi connectivity index (χ0) is 44.5. The molecule has 0 aromatic rings. The van der Waals surface area contributed by atoms with E-state index in [2.05, 4.69) is 27.7 Å². The van der Waals surface area contributed by atoms with Gasteiger partial charge in [0.2, 0.25) is 0 Å². The third kappa shape index (κ3) is 49.3. The first-order chi connectivity index (χ1) is 29.9. The van der Waals surface area contributed by atoms with Gasteiger partial charge in [-0.15, -0.1) is 0 Å². The zero-order valence-corrected chi connectivity index (χ0v) is 41.6. The molecule has 0 saturated heterocycles. The quantitative estimate of drug-likeness (QED) is 0.0344. The minimum atomic E-state index is -0.761. The predicted octanol–water partition coefficient (Wildman–Crippen LogP) is 17.8. The average molecular weight is 863 g/mol. The molecule has 362 valence electrons. The van der Waals surface area contributed by atoms with Crippen molar-refractivity contribution in [2.24, 2.45) is 5.92 Å². The van der Waals surface area contributed by atoms with E-state index in [9.17, 15) is 14.4 Å². The molecule has 0 fully saturated rings. The molecule has 0 aliphatic heterocycles. The average Bonchev–Trinajstić information content (AvgIpc) is 3.24. The van der Waals surface area contributed by atoms with Crippen molar-refractivity contribution in [3.05, 3.63) is 0 Å². The van der Waals surface area contributed by atoms with Gasteiger partial charge in [-0.1, -0.05) is 272 Å². The molecule has 6 nitrogen and oxygen atoms in total. The van der Waals surface area contributed by atoms with E-state index in [0.717, 1.165) is 63.7 Å². The van der Waals surface area contributed by atoms with Crippen LogP contribution in [0.2, 0.25) is 0 Å². The van der Waals surface area contributed by atoms with Gasteiger partial charge in [0.1, 0.15) is 13.2 Å². The Balaban J connectivity index is 4.22. The van der Waals surface area contributed by atoms with Crippen LogP contribution < -0.4 is 0 Å². The van der Waals surface area contributed by atoms with Gasteiger partial charge < -0.3 is 14.2 Å². The summed E-state index contributed by atoms with van der Waals surface area (Å²) in [7, 11) is 0. The second-order valence-electron chi connectivity index (χ2n) is 19.3. The number of hydrogen-bond donors (Lipinski definition) is 0. The Hall–Kier alpha value is -1.59. The van der Waals surface area contributed by atoms with E-state index in [4.69, 9.17) is 14.2 Å². The first-order valence-electron chi connectivity index (χ1n) is 27.4. The Kier molecular flexibility index (Phi) is 48.1. The Bertz CT molecular complexity index is 918. The van der Waals surface area contributed by atoms with E-state index in [1.807, 2.05) is 0 Å². The number of esters is 3. The van der Waals surface area contributed by atoms with Gasteiger partial charge in [-0.2, -0.15) is 0 Å². The molecule has 0 rings (SSSR count). The molecular weight excluding hydrogens is 757 g/mol. The predicted molar refractivity (Wildman–Crippen MR) is 261 cm³/mol. The lowest BCUT2D eigenvalue weighted by Crippen LogP contribution is -2.30. The van der Waals surface area contributed by atoms with Gasteiger partial charge in [-0.25, -0.2) is 0 Å². The fourth-order valence-corrected chi connectivity index (χ4v) is 8.39. The lowest BCUT2D eigenvalue weighted by Gasteiger charge is -2.18. The van der Waals surface area contributed by atoms with Gasteiger partial charge in [0.05, 0.1) is 0 Å². The molecule has 0 N–H and O–H groups in total. The Morgan fingerprint density at radius 1 is 0.311 bits per heavy atom. The van der Waals surface area contributed by atoms with Gasteiger partial charge >= 0.3 is 17.9 Å². The van der Waals surface area contributed by atoms with E-state index in [-0.39, 0.29) is 31.1 Å². The maximum absolute atomic E-state index is 12.8. The summed E-state index contributed by atoms with van der Waals surface area (Å²) in [6.45, 7) is 8.99. The fourth-order valence-electron chi connectivity index (χ4n) is 8.39. The first-order valence-corrected chi connectivity index (χ1v) is 27.4. The maximum atomic E-state index is 12.8. The standard InChI is InChI=1S/C55H106O6/c1-5-7-9-11-13-15-17-19-21-22-23-24-25-27-29-31-35-39-43-47-54(57)60-50-52(61-55(58)48-44-40-36-32-33-37-41-45-51(3)4)49-59-53(56)46-42-38-34-30-28-26-20-18-16-14-12-10-8-6-2/h51-52H,5-50H2,1-4H3/t52-/m0/s1. The monoisotopic (exact) mass is 863 g/mol. The van der Waals surface area contributed by atoms with Crippen molar-refractivity contribution >= 4 is 17.9 Å². The van der Waals surface area contributed by atoms with Crippen LogP contribution in [0.15, 0.2) is 0 Å². The second kappa shape index (κ2) is 49.4. The van der Waals surface area contributed by atoms with Crippen LogP contribution in [0.3, 0.4) is 0 Å². The van der Waals surface area contributed by atoms with Crippen molar-refractivity contribution < 1.29 is 28.6 Å². The summed E-state index contributed by atoms with van der Waals surface area (Å²) in [6.07, 6.45) is 52.5. The highest BCUT2D eigenvalue weighted by molar-refractivity contribution is 5.71. The summed E-state index contributed by atoms with van der Waals surface area (Å²) >= 11 is 0. The number of carbonyl (C=O) groups is 3. The topological polar surface area (TPSA) is 78.9 Å². The number of unbranched alkanes of at least 4 members (excludes halogenated alkanes) is 37. The van der Waals surface area contributed by atoms with Crippen LogP contribution in [0, 0.1) is 5.92 Å². The molecule has 0 aromatic carbocycles. The van der Waals surface area contributed by atoms with Gasteiger partial charge in [0, 0.05) is 19.3 Å². The van der Waals surface area contributed by atoms with Gasteiger partial charge in [0.25, 0.3) is 0 Å². The molecule has 6 heteroatoms. The number of carbonyl (C=O) groups excluding carboxylic acids is 3. The molecular formula is C55H106O6. The van der Waals surface area contributed by atoms with Gasteiger partial charge in [0.15, 0.2) is 6.10 Å². The summed E-state index contributed by atoms with van der Waals surface area (Å²) in [4.78, 5) is 38.0. The molecule has 0 unspecified atom stereocenters. The number of ether oxygens (including phenoxy) is 3. The molecule has 0 aliphatic rings. The van der Waals surface area contributed by atoms with Crippen LogP contribution in [-0.2, 0) is 28.6 Å². The van der Waals surface area contributed by atoms with Gasteiger partial charge in [-0.05, 0) is 25.2 Å². The summed E-state index contributed by atoms with van der Waals surface area (Å²) in [5.41, 5.74) is 0. The van der Waals surface area contributed by atoms with E-state index in [1.165, 1.54) is 205 Å². The second-order valence-corrected chi connectivity index (χ2v) is 19.3. The highest BCUT2D eigenvalue weighted by Gasteiger charge is 2.19. The van der Waals surface area contributed by atoms with Crippen molar-refractivity contribution in [2.75, 3.05) is 13.2 Å². The van der Waals surface area contributed by atoms with Crippen molar-refractivity contribution in [3.8, 4) is 0 Å². The highest BCUT2D eigenvalue weighted by Crippen LogP contribution is 2.17. The minimum absolute atomic E-state index is 0.0633. The van der Waals surface area contributed by atoms with Crippen LogP contribution in [0.25, 0.3) is 0 Å². The Morgan fingerprint density at radius 3 is 0.803 bits per heavy atom. The summed E-state index contributed by atoms with van der Waals surface area (Å²) in [6, 6.07) is 0. The molecule has 0 saturated carbocycles. The van der Waals surface area contributed by atoms with Crippen LogP contribution in [0.1, 0.15) is 310 Å². The molecule has 61 heavy (non-hydrogen) atoms. The van der Waals surface area contributed by atoms with Crippen molar-refractivity contribution in [2.45, 2.75) is 316 Å². The van der Waals surface area contributed by atoms with Crippen LogP contribution in [-0.4, -0.2) is 37.2 Å². The van der Waals surface area contributed by atoms with E-state index in [1.54, 1.807) is 0 Å². The zero-order valence-electron chi connectivity index (χ0n) is 41.6. The molecule has 1 atom stereocenters. The van der Waals surface area contributed by atoms with Crippen molar-refractivity contribution in [3.63, 3.8) is 0 Å². The normalized spacial score (nSPS) is 12.0. The summed E-state index contributed by atoms with van der Waals surface area (Å²) in [5, 5.41) is 0. The van der Waals surface area contributed by atoms with Crippen LogP contribution >= 0.6 is 0 Å². The molecule has 0 aliphatic carbocycles. The summed E-state index contributed by atoms with van der Waals surface area (Å²) < 4.78 is 16.8. The maximum Gasteiger partial charge on any atom is 0.306 e. The van der Waals surface area contributed by atoms with Crippen LogP contribution in [0.4, 0.5) is 0 Å². The van der Waals surface area contributed by atoms with Crippen LogP contribution in [0.5, 0.6) is 0 Å². The van der Waals surface area contributed by atoms with Crippen molar-refractivity contribution in [1.29, 1.82) is 0 Å². The lowest BCUT2D eigenvalue weighted by atomic mass is 10.0. The third-order valence-corrected chi connectivity index (χ3v) is 12.5. The number of hydrogen-bond acceptors (Lipinski definition) is 6. The molecule has 0 spiro atoms. The lowest BCUT2D eigenvalue weighted by molar-refractivity contribution is -0.167. The Morgan fingerprint density at radius 2 is 0.541 bits per heavy atom.